The van der Waals surface area contributed by atoms with Crippen LogP contribution in [0.25, 0.3) is 0 Å². The fraction of sp³-hybridized carbons (Fsp3) is 0.945. The minimum Gasteiger partial charge on any atom is -0.462 e. The molecular weight excluding hydrogens is 757 g/mol. The lowest BCUT2D eigenvalue weighted by Crippen LogP contribution is -2.30. The van der Waals surface area contributed by atoms with Crippen LogP contribution in [0.15, 0.2) is 0 Å². The predicted octanol–water partition coefficient (Wildman–Crippen LogP) is 17.7. The van der Waals surface area contributed by atoms with Gasteiger partial charge >= 0.3 is 17.9 Å². The van der Waals surface area contributed by atoms with Gasteiger partial charge in [0.1, 0.15) is 13.2 Å². The van der Waals surface area contributed by atoms with Gasteiger partial charge in [0.25, 0.3) is 0 Å². The first-order chi connectivity index (χ1) is 29.8. The van der Waals surface area contributed by atoms with Crippen LogP contribution in [0.3, 0.4) is 0 Å². The lowest BCUT2D eigenvalue weighted by molar-refractivity contribution is -0.167. The third kappa shape index (κ3) is 47.7. The van der Waals surface area contributed by atoms with Crippen molar-refractivity contribution in [2.75, 3.05) is 13.2 Å². The molecule has 0 N–H and O–H groups in total. The van der Waals surface area contributed by atoms with E-state index >= 15 is 0 Å². The van der Waals surface area contributed by atoms with E-state index < -0.39 is 6.10 Å². The summed E-state index contributed by atoms with van der Waals surface area (Å²) in [6.45, 7) is 11.4. The maximum atomic E-state index is 12.8. The van der Waals surface area contributed by atoms with Gasteiger partial charge in [-0.05, 0) is 31.1 Å². The smallest absolute Gasteiger partial charge is 0.306 e. The monoisotopic (exact) mass is 863 g/mol. The summed E-state index contributed by atoms with van der Waals surface area (Å²) < 4.78 is 16.9. The highest BCUT2D eigenvalue weighted by atomic mass is 16.6. The zero-order valence-corrected chi connectivity index (χ0v) is 41.8. The molecule has 6 nitrogen and oxygen atoms in total. The van der Waals surface area contributed by atoms with Gasteiger partial charge in [0.2, 0.25) is 0 Å². The van der Waals surface area contributed by atoms with E-state index in [1.54, 1.807) is 0 Å². The molecule has 0 aliphatic heterocycles. The normalized spacial score (nSPS) is 12.5. The molecule has 0 aromatic rings. The van der Waals surface area contributed by atoms with Gasteiger partial charge < -0.3 is 14.2 Å². The average Bonchev–Trinajstić information content (AvgIpc) is 3.24. The van der Waals surface area contributed by atoms with Crippen molar-refractivity contribution in [3.8, 4) is 0 Å². The average molecular weight is 863 g/mol. The van der Waals surface area contributed by atoms with Crippen LogP contribution in [0, 0.1) is 11.8 Å². The van der Waals surface area contributed by atoms with Crippen molar-refractivity contribution in [1.82, 2.24) is 0 Å². The highest BCUT2D eigenvalue weighted by Crippen LogP contribution is 2.18. The SMILES string of the molecule is CCCCCCCCCCCCCCCCC(=O)OC[C@H](COC(=O)CCCCCCCCCCCCCCC(C)C)OC(=O)CCCCCCCCCCCCC(C)CC. The highest BCUT2D eigenvalue weighted by molar-refractivity contribution is 5.71. The minimum absolute atomic E-state index is 0.0633. The van der Waals surface area contributed by atoms with Crippen molar-refractivity contribution < 1.29 is 28.6 Å². The summed E-state index contributed by atoms with van der Waals surface area (Å²) in [5.74, 6) is 0.857. The Morgan fingerprint density at radius 2 is 0.623 bits per heavy atom. The third-order valence-electron chi connectivity index (χ3n) is 12.8. The number of unbranched alkanes of at least 4 members (excludes halogenated alkanes) is 33. The molecule has 0 fully saturated rings. The molecule has 362 valence electrons. The van der Waals surface area contributed by atoms with Crippen molar-refractivity contribution in [2.24, 2.45) is 11.8 Å². The Morgan fingerprint density at radius 1 is 0.344 bits per heavy atom. The Balaban J connectivity index is 4.32. The van der Waals surface area contributed by atoms with E-state index in [0.717, 1.165) is 69.6 Å². The van der Waals surface area contributed by atoms with Crippen LogP contribution in [0.1, 0.15) is 304 Å². The largest absolute Gasteiger partial charge is 0.462 e. The second-order valence-corrected chi connectivity index (χ2v) is 19.6. The summed E-state index contributed by atoms with van der Waals surface area (Å²) in [6, 6.07) is 0. The molecule has 0 aromatic heterocycles. The summed E-state index contributed by atoms with van der Waals surface area (Å²) >= 11 is 0. The summed E-state index contributed by atoms with van der Waals surface area (Å²) in [7, 11) is 0. The zero-order valence-electron chi connectivity index (χ0n) is 41.8. The van der Waals surface area contributed by atoms with E-state index in [9.17, 15) is 14.4 Å². The molecule has 0 amide bonds. The van der Waals surface area contributed by atoms with Crippen LogP contribution >= 0.6 is 0 Å². The number of hydrogen-bond acceptors (Lipinski definition) is 6. The molecule has 0 heterocycles. The Labute approximate surface area is 380 Å². The first kappa shape index (κ1) is 59.4. The molecule has 0 saturated heterocycles. The highest BCUT2D eigenvalue weighted by Gasteiger charge is 2.19. The molecule has 0 spiro atoms. The Kier molecular flexibility index (Phi) is 46.6. The molecule has 0 aliphatic carbocycles. The summed E-state index contributed by atoms with van der Waals surface area (Å²) in [6.07, 6.45) is 49.3. The quantitative estimate of drug-likeness (QED) is 0.0344. The zero-order chi connectivity index (χ0) is 44.7. The fourth-order valence-corrected chi connectivity index (χ4v) is 8.31. The molecule has 61 heavy (non-hydrogen) atoms. The molecule has 0 aliphatic rings. The van der Waals surface area contributed by atoms with Gasteiger partial charge in [-0.15, -0.1) is 0 Å². The van der Waals surface area contributed by atoms with Gasteiger partial charge in [-0.3, -0.25) is 14.4 Å². The second-order valence-electron chi connectivity index (χ2n) is 19.6. The second kappa shape index (κ2) is 47.9. The molecule has 0 radical (unpaired) electrons. The molecule has 0 bridgehead atoms. The van der Waals surface area contributed by atoms with Crippen LogP contribution in [0.5, 0.6) is 0 Å². The van der Waals surface area contributed by atoms with Gasteiger partial charge in [0.05, 0.1) is 0 Å². The fourth-order valence-electron chi connectivity index (χ4n) is 8.31. The molecule has 1 unspecified atom stereocenters. The standard InChI is InChI=1S/C55H106O6/c1-6-8-9-10-11-12-13-14-15-19-25-30-35-40-45-53(56)59-48-52(61-55(58)47-42-37-32-27-22-21-24-29-34-39-44-51(5)7-2)49-60-54(57)46-41-36-31-26-20-17-16-18-23-28-33-38-43-50(3)4/h50-52H,6-49H2,1-5H3/t51?,52-/m1/s1. The van der Waals surface area contributed by atoms with E-state index in [1.807, 2.05) is 0 Å². The Hall–Kier alpha value is -1.59. The van der Waals surface area contributed by atoms with E-state index in [0.29, 0.717) is 19.3 Å². The van der Waals surface area contributed by atoms with E-state index in [-0.39, 0.29) is 31.1 Å². The van der Waals surface area contributed by atoms with E-state index in [2.05, 4.69) is 34.6 Å². The van der Waals surface area contributed by atoms with Crippen molar-refractivity contribution in [3.63, 3.8) is 0 Å². The molecule has 6 heteroatoms. The lowest BCUT2D eigenvalue weighted by Gasteiger charge is -2.18. The predicted molar refractivity (Wildman–Crippen MR) is 261 cm³/mol. The van der Waals surface area contributed by atoms with Crippen LogP contribution in [0.2, 0.25) is 0 Å². The van der Waals surface area contributed by atoms with Gasteiger partial charge in [-0.25, -0.2) is 0 Å². The number of carbonyl (C=O) groups excluding carboxylic acids is 3. The molecular formula is C55H106O6. The van der Waals surface area contributed by atoms with Gasteiger partial charge in [-0.1, -0.05) is 266 Å². The first-order valence-electron chi connectivity index (χ1n) is 27.3. The lowest BCUT2D eigenvalue weighted by atomic mass is 9.99. The summed E-state index contributed by atoms with van der Waals surface area (Å²) in [4.78, 5) is 38.0. The summed E-state index contributed by atoms with van der Waals surface area (Å²) in [5.41, 5.74) is 0. The van der Waals surface area contributed by atoms with Gasteiger partial charge in [-0.2, -0.15) is 0 Å². The van der Waals surface area contributed by atoms with Gasteiger partial charge in [0.15, 0.2) is 6.10 Å². The summed E-state index contributed by atoms with van der Waals surface area (Å²) in [5, 5.41) is 0. The topological polar surface area (TPSA) is 78.9 Å². The third-order valence-corrected chi connectivity index (χ3v) is 12.8. The Morgan fingerprint density at radius 3 is 0.934 bits per heavy atom. The van der Waals surface area contributed by atoms with Crippen molar-refractivity contribution in [2.45, 2.75) is 310 Å². The van der Waals surface area contributed by atoms with Crippen molar-refractivity contribution in [3.05, 3.63) is 0 Å². The van der Waals surface area contributed by atoms with Gasteiger partial charge in [0, 0.05) is 19.3 Å². The number of rotatable bonds is 49. The molecule has 0 aromatic carbocycles. The van der Waals surface area contributed by atoms with Crippen LogP contribution in [-0.2, 0) is 28.6 Å². The van der Waals surface area contributed by atoms with Crippen LogP contribution in [-0.4, -0.2) is 37.2 Å². The number of carbonyl (C=O) groups is 3. The van der Waals surface area contributed by atoms with E-state index in [4.69, 9.17) is 14.2 Å². The first-order valence-corrected chi connectivity index (χ1v) is 27.3. The molecule has 2 atom stereocenters. The van der Waals surface area contributed by atoms with Crippen LogP contribution < -0.4 is 0 Å². The molecule has 0 saturated carbocycles. The maximum absolute atomic E-state index is 12.8. The number of hydrogen-bond donors (Lipinski definition) is 0. The Bertz CT molecular complexity index is 933. The number of ether oxygens (including phenoxy) is 3. The van der Waals surface area contributed by atoms with Crippen molar-refractivity contribution >= 4 is 17.9 Å². The van der Waals surface area contributed by atoms with Crippen LogP contribution in [0.4, 0.5) is 0 Å². The van der Waals surface area contributed by atoms with Crippen molar-refractivity contribution in [1.29, 1.82) is 0 Å². The minimum atomic E-state index is -0.762. The molecule has 0 rings (SSSR count). The maximum Gasteiger partial charge on any atom is 0.306 e. The number of esters is 3. The van der Waals surface area contributed by atoms with E-state index in [1.165, 1.54) is 193 Å².